The van der Waals surface area contributed by atoms with Gasteiger partial charge in [-0.2, -0.15) is 0 Å². The highest BCUT2D eigenvalue weighted by Gasteiger charge is 2.23. The lowest BCUT2D eigenvalue weighted by atomic mass is 10.1. The quantitative estimate of drug-likeness (QED) is 0.809. The second kappa shape index (κ2) is 6.09. The molecule has 1 saturated heterocycles. The molecule has 1 fully saturated rings. The summed E-state index contributed by atoms with van der Waals surface area (Å²) in [5.74, 6) is 0.706. The molecular weight excluding hydrogens is 236 g/mol. The van der Waals surface area contributed by atoms with Gasteiger partial charge in [0.05, 0.1) is 6.54 Å². The maximum Gasteiger partial charge on any atom is 0.240 e. The van der Waals surface area contributed by atoms with Gasteiger partial charge in [0.2, 0.25) is 5.91 Å². The number of nitrogens with one attached hydrogen (secondary N) is 2. The number of carbonyl (C=O) groups is 1. The Balaban J connectivity index is 1.73. The lowest BCUT2D eigenvalue weighted by Crippen LogP contribution is -2.32. The zero-order valence-electron chi connectivity index (χ0n) is 9.98. The molecule has 1 aliphatic rings. The van der Waals surface area contributed by atoms with Crippen LogP contribution in [0.25, 0.3) is 0 Å². The van der Waals surface area contributed by atoms with Crippen LogP contribution in [-0.2, 0) is 4.79 Å². The first kappa shape index (κ1) is 12.5. The SMILES string of the molecule is CNCC1CCN(CC(=O)Nc2nccs2)C1. The highest BCUT2D eigenvalue weighted by molar-refractivity contribution is 7.13. The highest BCUT2D eigenvalue weighted by Crippen LogP contribution is 2.15. The van der Waals surface area contributed by atoms with E-state index in [9.17, 15) is 4.79 Å². The van der Waals surface area contributed by atoms with Gasteiger partial charge in [0.1, 0.15) is 0 Å². The largest absolute Gasteiger partial charge is 0.319 e. The molecule has 0 spiro atoms. The van der Waals surface area contributed by atoms with Crippen LogP contribution < -0.4 is 10.6 Å². The predicted octanol–water partition coefficient (Wildman–Crippen LogP) is 0.623. The second-order valence-corrected chi connectivity index (χ2v) is 5.23. The fourth-order valence-electron chi connectivity index (χ4n) is 2.16. The van der Waals surface area contributed by atoms with E-state index in [2.05, 4.69) is 20.5 Å². The minimum absolute atomic E-state index is 0.0325. The molecule has 2 heterocycles. The Bertz CT molecular complexity index is 354. The number of amides is 1. The van der Waals surface area contributed by atoms with Crippen LogP contribution in [0.15, 0.2) is 11.6 Å². The Morgan fingerprint density at radius 1 is 1.71 bits per heavy atom. The van der Waals surface area contributed by atoms with E-state index in [1.54, 1.807) is 6.20 Å². The molecule has 94 valence electrons. The first-order valence-electron chi connectivity index (χ1n) is 5.84. The molecular formula is C11H18N4OS. The van der Waals surface area contributed by atoms with Crippen LogP contribution in [-0.4, -0.2) is 49.0 Å². The van der Waals surface area contributed by atoms with Gasteiger partial charge in [0.15, 0.2) is 5.13 Å². The van der Waals surface area contributed by atoms with Crippen LogP contribution >= 0.6 is 11.3 Å². The van der Waals surface area contributed by atoms with E-state index in [0.29, 0.717) is 17.6 Å². The van der Waals surface area contributed by atoms with Crippen molar-refractivity contribution < 1.29 is 4.79 Å². The van der Waals surface area contributed by atoms with Crippen molar-refractivity contribution in [2.45, 2.75) is 6.42 Å². The van der Waals surface area contributed by atoms with Gasteiger partial charge >= 0.3 is 0 Å². The summed E-state index contributed by atoms with van der Waals surface area (Å²) < 4.78 is 0. The molecule has 5 nitrogen and oxygen atoms in total. The number of aromatic nitrogens is 1. The Hall–Kier alpha value is -0.980. The van der Waals surface area contributed by atoms with Gasteiger partial charge in [-0.3, -0.25) is 9.69 Å². The molecule has 1 aromatic heterocycles. The Morgan fingerprint density at radius 2 is 2.59 bits per heavy atom. The molecule has 1 unspecified atom stereocenters. The standard InChI is InChI=1S/C11H18N4OS/c1-12-6-9-2-4-15(7-9)8-10(16)14-11-13-3-5-17-11/h3,5,9,12H,2,4,6-8H2,1H3,(H,13,14,16). The fourth-order valence-corrected chi connectivity index (χ4v) is 2.70. The zero-order chi connectivity index (χ0) is 12.1. The van der Waals surface area contributed by atoms with Crippen LogP contribution in [0.3, 0.4) is 0 Å². The maximum absolute atomic E-state index is 11.7. The molecule has 0 aromatic carbocycles. The predicted molar refractivity (Wildman–Crippen MR) is 69.2 cm³/mol. The van der Waals surface area contributed by atoms with Gasteiger partial charge in [0, 0.05) is 18.1 Å². The van der Waals surface area contributed by atoms with E-state index in [1.165, 1.54) is 17.8 Å². The zero-order valence-corrected chi connectivity index (χ0v) is 10.8. The lowest BCUT2D eigenvalue weighted by Gasteiger charge is -2.14. The molecule has 0 radical (unpaired) electrons. The third-order valence-corrected chi connectivity index (χ3v) is 3.60. The van der Waals surface area contributed by atoms with Crippen molar-refractivity contribution in [1.82, 2.24) is 15.2 Å². The number of hydrogen-bond donors (Lipinski definition) is 2. The number of nitrogens with zero attached hydrogens (tertiary/aromatic N) is 2. The number of hydrogen-bond acceptors (Lipinski definition) is 5. The average Bonchev–Trinajstić information content (AvgIpc) is 2.91. The van der Waals surface area contributed by atoms with Gasteiger partial charge < -0.3 is 10.6 Å². The summed E-state index contributed by atoms with van der Waals surface area (Å²) in [5, 5.41) is 8.53. The van der Waals surface area contributed by atoms with Crippen molar-refractivity contribution in [1.29, 1.82) is 0 Å². The number of rotatable bonds is 5. The van der Waals surface area contributed by atoms with Gasteiger partial charge in [-0.15, -0.1) is 11.3 Å². The molecule has 0 bridgehead atoms. The average molecular weight is 254 g/mol. The van der Waals surface area contributed by atoms with Crippen molar-refractivity contribution in [3.05, 3.63) is 11.6 Å². The van der Waals surface area contributed by atoms with Crippen molar-refractivity contribution in [3.8, 4) is 0 Å². The Kier molecular flexibility index (Phi) is 4.47. The molecule has 1 atom stereocenters. The minimum Gasteiger partial charge on any atom is -0.319 e. The summed E-state index contributed by atoms with van der Waals surface area (Å²) in [6.07, 6.45) is 2.87. The third-order valence-electron chi connectivity index (χ3n) is 2.91. The van der Waals surface area contributed by atoms with Crippen molar-refractivity contribution in [2.75, 3.05) is 38.5 Å². The normalized spacial score (nSPS) is 20.6. The van der Waals surface area contributed by atoms with Gasteiger partial charge in [0.25, 0.3) is 0 Å². The summed E-state index contributed by atoms with van der Waals surface area (Å²) >= 11 is 1.45. The Morgan fingerprint density at radius 3 is 3.29 bits per heavy atom. The van der Waals surface area contributed by atoms with Gasteiger partial charge in [-0.05, 0) is 32.5 Å². The monoisotopic (exact) mass is 254 g/mol. The van der Waals surface area contributed by atoms with Crippen LogP contribution in [0.5, 0.6) is 0 Å². The van der Waals surface area contributed by atoms with Crippen LogP contribution in [0, 0.1) is 5.92 Å². The van der Waals surface area contributed by atoms with E-state index < -0.39 is 0 Å². The molecule has 2 rings (SSSR count). The molecule has 2 N–H and O–H groups in total. The third kappa shape index (κ3) is 3.76. The molecule has 0 saturated carbocycles. The van der Waals surface area contributed by atoms with Crippen molar-refractivity contribution >= 4 is 22.4 Å². The van der Waals surface area contributed by atoms with E-state index in [4.69, 9.17) is 0 Å². The van der Waals surface area contributed by atoms with Crippen LogP contribution in [0.2, 0.25) is 0 Å². The number of likely N-dealkylation sites (tertiary alicyclic amines) is 1. The summed E-state index contributed by atoms with van der Waals surface area (Å²) in [6, 6.07) is 0. The smallest absolute Gasteiger partial charge is 0.240 e. The minimum atomic E-state index is 0.0325. The number of thiazole rings is 1. The molecule has 1 aromatic rings. The van der Waals surface area contributed by atoms with Gasteiger partial charge in [-0.25, -0.2) is 4.98 Å². The summed E-state index contributed by atoms with van der Waals surface area (Å²) in [7, 11) is 1.97. The topological polar surface area (TPSA) is 57.3 Å². The van der Waals surface area contributed by atoms with E-state index in [1.807, 2.05) is 12.4 Å². The molecule has 1 amide bonds. The molecule has 6 heteroatoms. The van der Waals surface area contributed by atoms with Gasteiger partial charge in [-0.1, -0.05) is 0 Å². The maximum atomic E-state index is 11.7. The van der Waals surface area contributed by atoms with Crippen LogP contribution in [0.1, 0.15) is 6.42 Å². The summed E-state index contributed by atoms with van der Waals surface area (Å²) in [6.45, 7) is 3.52. The highest BCUT2D eigenvalue weighted by atomic mass is 32.1. The molecule has 17 heavy (non-hydrogen) atoms. The molecule has 0 aliphatic carbocycles. The van der Waals surface area contributed by atoms with E-state index >= 15 is 0 Å². The summed E-state index contributed by atoms with van der Waals surface area (Å²) in [5.41, 5.74) is 0. The number of anilines is 1. The van der Waals surface area contributed by atoms with Crippen molar-refractivity contribution in [2.24, 2.45) is 5.92 Å². The molecule has 1 aliphatic heterocycles. The van der Waals surface area contributed by atoms with E-state index in [-0.39, 0.29) is 5.91 Å². The van der Waals surface area contributed by atoms with Crippen LogP contribution in [0.4, 0.5) is 5.13 Å². The van der Waals surface area contributed by atoms with Crippen molar-refractivity contribution in [3.63, 3.8) is 0 Å². The first-order valence-corrected chi connectivity index (χ1v) is 6.72. The fraction of sp³-hybridized carbons (Fsp3) is 0.636. The first-order chi connectivity index (χ1) is 8.28. The lowest BCUT2D eigenvalue weighted by molar-refractivity contribution is -0.117. The Labute approximate surface area is 105 Å². The number of carbonyl (C=O) groups excluding carboxylic acids is 1. The summed E-state index contributed by atoms with van der Waals surface area (Å²) in [4.78, 5) is 18.0. The van der Waals surface area contributed by atoms with E-state index in [0.717, 1.165) is 19.6 Å². The second-order valence-electron chi connectivity index (χ2n) is 4.33.